The van der Waals surface area contributed by atoms with Gasteiger partial charge >= 0.3 is 0 Å². The molecule has 0 aliphatic rings. The fourth-order valence-corrected chi connectivity index (χ4v) is 1.47. The van der Waals surface area contributed by atoms with Crippen LogP contribution in [0.15, 0.2) is 12.1 Å². The van der Waals surface area contributed by atoms with Gasteiger partial charge in [-0.25, -0.2) is 8.78 Å². The van der Waals surface area contributed by atoms with Crippen LogP contribution in [0.1, 0.15) is 5.56 Å². The molecule has 0 atom stereocenters. The van der Waals surface area contributed by atoms with Crippen molar-refractivity contribution >= 4 is 5.91 Å². The molecule has 1 amide bonds. The van der Waals surface area contributed by atoms with E-state index < -0.39 is 29.9 Å². The average Bonchev–Trinajstić information content (AvgIpc) is 2.42. The summed E-state index contributed by atoms with van der Waals surface area (Å²) in [5.74, 6) is -2.68. The summed E-state index contributed by atoms with van der Waals surface area (Å²) in [6.07, 6.45) is 0. The Hall–Kier alpha value is -1.73. The number of methoxy groups -OCH3 is 1. The van der Waals surface area contributed by atoms with Crippen LogP contribution in [0, 0.1) is 11.6 Å². The molecule has 20 heavy (non-hydrogen) atoms. The van der Waals surface area contributed by atoms with E-state index in [4.69, 9.17) is 9.47 Å². The molecular weight excluding hydrogens is 270 g/mol. The Morgan fingerprint density at radius 3 is 2.50 bits per heavy atom. The van der Waals surface area contributed by atoms with E-state index in [1.54, 1.807) is 7.11 Å². The molecule has 0 bridgehead atoms. The van der Waals surface area contributed by atoms with Crippen LogP contribution in [0.5, 0.6) is 5.75 Å². The van der Waals surface area contributed by atoms with Crippen molar-refractivity contribution in [2.45, 2.75) is 6.54 Å². The van der Waals surface area contributed by atoms with Crippen LogP contribution in [-0.2, 0) is 16.1 Å². The Labute approximate surface area is 116 Å². The number of hydrogen-bond acceptors (Lipinski definition) is 4. The maximum absolute atomic E-state index is 13.7. The molecule has 0 aromatic heterocycles. The molecule has 7 heteroatoms. The summed E-state index contributed by atoms with van der Waals surface area (Å²) >= 11 is 0. The minimum atomic E-state index is -0.836. The van der Waals surface area contributed by atoms with Crippen molar-refractivity contribution in [3.8, 4) is 5.75 Å². The molecule has 1 aromatic rings. The van der Waals surface area contributed by atoms with Gasteiger partial charge in [0.25, 0.3) is 5.91 Å². The van der Waals surface area contributed by atoms with Crippen molar-refractivity contribution in [3.05, 3.63) is 29.3 Å². The molecule has 1 aromatic carbocycles. The number of nitrogens with one attached hydrogen (secondary N) is 2. The van der Waals surface area contributed by atoms with Gasteiger partial charge in [-0.2, -0.15) is 0 Å². The number of likely N-dealkylation sites (N-methyl/N-ethyl adjacent to an activating group) is 1. The van der Waals surface area contributed by atoms with Gasteiger partial charge in [-0.05, 0) is 17.7 Å². The Balaban J connectivity index is 2.63. The summed E-state index contributed by atoms with van der Waals surface area (Å²) in [6, 6.07) is 2.34. The van der Waals surface area contributed by atoms with Crippen molar-refractivity contribution in [1.82, 2.24) is 10.6 Å². The number of rotatable bonds is 8. The molecule has 0 aliphatic heterocycles. The maximum Gasteiger partial charge on any atom is 0.257 e. The number of ether oxygens (including phenoxy) is 2. The molecule has 0 fully saturated rings. The van der Waals surface area contributed by atoms with Gasteiger partial charge in [0.15, 0.2) is 24.0 Å². The van der Waals surface area contributed by atoms with Gasteiger partial charge in [-0.1, -0.05) is 0 Å². The average molecular weight is 288 g/mol. The van der Waals surface area contributed by atoms with Crippen LogP contribution in [-0.4, -0.2) is 39.8 Å². The third-order valence-corrected chi connectivity index (χ3v) is 2.50. The molecule has 112 valence electrons. The van der Waals surface area contributed by atoms with E-state index in [1.165, 1.54) is 19.2 Å². The standard InChI is InChI=1S/C13H18F2N2O3/c1-16-12(18)8-20-13-10(14)5-9(6-11(13)15)7-17-3-4-19-2/h5-6,17H,3-4,7-8H2,1-2H3,(H,16,18). The molecule has 0 aliphatic carbocycles. The van der Waals surface area contributed by atoms with E-state index in [0.717, 1.165) is 0 Å². The van der Waals surface area contributed by atoms with Gasteiger partial charge in [0, 0.05) is 27.2 Å². The predicted octanol–water partition coefficient (Wildman–Crippen LogP) is 0.826. The van der Waals surface area contributed by atoms with E-state index in [-0.39, 0.29) is 0 Å². The molecule has 0 heterocycles. The van der Waals surface area contributed by atoms with E-state index >= 15 is 0 Å². The molecule has 0 saturated heterocycles. The lowest BCUT2D eigenvalue weighted by Gasteiger charge is -2.10. The molecule has 0 radical (unpaired) electrons. The Morgan fingerprint density at radius 1 is 1.30 bits per heavy atom. The highest BCUT2D eigenvalue weighted by atomic mass is 19.1. The van der Waals surface area contributed by atoms with Gasteiger partial charge < -0.3 is 20.1 Å². The lowest BCUT2D eigenvalue weighted by Crippen LogP contribution is -2.25. The van der Waals surface area contributed by atoms with Crippen LogP contribution in [0.4, 0.5) is 8.78 Å². The molecule has 5 nitrogen and oxygen atoms in total. The first-order valence-electron chi connectivity index (χ1n) is 6.09. The van der Waals surface area contributed by atoms with Crippen molar-refractivity contribution in [2.24, 2.45) is 0 Å². The first-order valence-corrected chi connectivity index (χ1v) is 6.09. The number of carbonyl (C=O) groups excluding carboxylic acids is 1. The number of amides is 1. The molecule has 0 saturated carbocycles. The monoisotopic (exact) mass is 288 g/mol. The van der Waals surface area contributed by atoms with E-state index in [1.807, 2.05) is 0 Å². The number of carbonyl (C=O) groups is 1. The predicted molar refractivity (Wildman–Crippen MR) is 69.5 cm³/mol. The van der Waals surface area contributed by atoms with Gasteiger partial charge in [-0.15, -0.1) is 0 Å². The normalized spacial score (nSPS) is 10.4. The van der Waals surface area contributed by atoms with E-state index in [9.17, 15) is 13.6 Å². The zero-order valence-corrected chi connectivity index (χ0v) is 11.5. The highest BCUT2D eigenvalue weighted by molar-refractivity contribution is 5.77. The Bertz CT molecular complexity index is 432. The molecular formula is C13H18F2N2O3. The number of benzene rings is 1. The van der Waals surface area contributed by atoms with Gasteiger partial charge in [0.1, 0.15) is 0 Å². The van der Waals surface area contributed by atoms with Gasteiger partial charge in [0.05, 0.1) is 6.61 Å². The van der Waals surface area contributed by atoms with Crippen molar-refractivity contribution < 1.29 is 23.0 Å². The first-order chi connectivity index (χ1) is 9.58. The highest BCUT2D eigenvalue weighted by Gasteiger charge is 2.13. The third-order valence-electron chi connectivity index (χ3n) is 2.50. The van der Waals surface area contributed by atoms with E-state index in [0.29, 0.717) is 25.3 Å². The minimum absolute atomic E-state index is 0.312. The highest BCUT2D eigenvalue weighted by Crippen LogP contribution is 2.23. The molecule has 0 unspecified atom stereocenters. The summed E-state index contributed by atoms with van der Waals surface area (Å²) in [5.41, 5.74) is 0.448. The van der Waals surface area contributed by atoms with Crippen molar-refractivity contribution in [3.63, 3.8) is 0 Å². The lowest BCUT2D eigenvalue weighted by molar-refractivity contribution is -0.122. The Morgan fingerprint density at radius 2 is 1.95 bits per heavy atom. The minimum Gasteiger partial charge on any atom is -0.478 e. The molecule has 0 spiro atoms. The summed E-state index contributed by atoms with van der Waals surface area (Å²) in [6.45, 7) is 0.968. The second-order valence-electron chi connectivity index (χ2n) is 4.02. The zero-order chi connectivity index (χ0) is 15.0. The SMILES string of the molecule is CNC(=O)COc1c(F)cc(CNCCOC)cc1F. The summed E-state index contributed by atoms with van der Waals surface area (Å²) in [4.78, 5) is 11.0. The molecule has 2 N–H and O–H groups in total. The second-order valence-corrected chi connectivity index (χ2v) is 4.02. The van der Waals surface area contributed by atoms with Crippen LogP contribution in [0.25, 0.3) is 0 Å². The molecule has 1 rings (SSSR count). The van der Waals surface area contributed by atoms with Crippen LogP contribution >= 0.6 is 0 Å². The van der Waals surface area contributed by atoms with Gasteiger partial charge in [0.2, 0.25) is 0 Å². The second kappa shape index (κ2) is 8.44. The topological polar surface area (TPSA) is 59.6 Å². The van der Waals surface area contributed by atoms with Crippen LogP contribution in [0.3, 0.4) is 0 Å². The van der Waals surface area contributed by atoms with Crippen molar-refractivity contribution in [1.29, 1.82) is 0 Å². The number of hydrogen-bond donors (Lipinski definition) is 2. The summed E-state index contributed by atoms with van der Waals surface area (Å²) in [5, 5.41) is 5.27. The summed E-state index contributed by atoms with van der Waals surface area (Å²) < 4.78 is 37.0. The summed E-state index contributed by atoms with van der Waals surface area (Å²) in [7, 11) is 2.98. The first kappa shape index (κ1) is 16.3. The fraction of sp³-hybridized carbons (Fsp3) is 0.462. The maximum atomic E-state index is 13.7. The smallest absolute Gasteiger partial charge is 0.257 e. The van der Waals surface area contributed by atoms with Crippen LogP contribution in [0.2, 0.25) is 0 Å². The van der Waals surface area contributed by atoms with Gasteiger partial charge in [-0.3, -0.25) is 4.79 Å². The van der Waals surface area contributed by atoms with E-state index in [2.05, 4.69) is 10.6 Å². The third kappa shape index (κ3) is 5.10. The quantitative estimate of drug-likeness (QED) is 0.696. The zero-order valence-electron chi connectivity index (χ0n) is 11.5. The van der Waals surface area contributed by atoms with Crippen molar-refractivity contribution in [2.75, 3.05) is 33.9 Å². The fourth-order valence-electron chi connectivity index (χ4n) is 1.47. The lowest BCUT2D eigenvalue weighted by atomic mass is 10.2. The largest absolute Gasteiger partial charge is 0.478 e. The number of halogens is 2. The Kier molecular flexibility index (Phi) is 6.89. The van der Waals surface area contributed by atoms with Crippen LogP contribution < -0.4 is 15.4 Å².